The van der Waals surface area contributed by atoms with Crippen LogP contribution >= 0.6 is 0 Å². The standard InChI is InChI=1S/C13H16N4O/c1-3-9-5-4-6-15-12(9)13-16-10(8-18-2)7-11(14)17-13/h4-7H,3,8H2,1-2H3,(H2,14,16,17). The van der Waals surface area contributed by atoms with E-state index in [0.717, 1.165) is 23.4 Å². The van der Waals surface area contributed by atoms with E-state index in [-0.39, 0.29) is 0 Å². The second kappa shape index (κ2) is 5.55. The molecular weight excluding hydrogens is 228 g/mol. The summed E-state index contributed by atoms with van der Waals surface area (Å²) in [5.74, 6) is 0.985. The minimum atomic E-state index is 0.411. The number of aryl methyl sites for hydroxylation is 1. The van der Waals surface area contributed by atoms with E-state index in [0.29, 0.717) is 18.2 Å². The molecule has 0 atom stereocenters. The zero-order chi connectivity index (χ0) is 13.0. The minimum Gasteiger partial charge on any atom is -0.384 e. The molecule has 2 rings (SSSR count). The number of ether oxygens (including phenoxy) is 1. The molecule has 2 aromatic heterocycles. The van der Waals surface area contributed by atoms with Crippen molar-refractivity contribution < 1.29 is 4.74 Å². The first kappa shape index (κ1) is 12.4. The number of methoxy groups -OCH3 is 1. The van der Waals surface area contributed by atoms with Crippen LogP contribution in [-0.2, 0) is 17.8 Å². The summed E-state index contributed by atoms with van der Waals surface area (Å²) in [6.45, 7) is 2.48. The highest BCUT2D eigenvalue weighted by atomic mass is 16.5. The second-order valence-electron chi connectivity index (χ2n) is 3.91. The van der Waals surface area contributed by atoms with Crippen molar-refractivity contribution in [2.75, 3.05) is 12.8 Å². The zero-order valence-corrected chi connectivity index (χ0v) is 10.6. The van der Waals surface area contributed by atoms with Gasteiger partial charge in [-0.05, 0) is 18.1 Å². The molecule has 0 spiro atoms. The van der Waals surface area contributed by atoms with E-state index in [1.165, 1.54) is 0 Å². The maximum atomic E-state index is 5.78. The Morgan fingerprint density at radius 1 is 1.33 bits per heavy atom. The molecule has 0 unspecified atom stereocenters. The van der Waals surface area contributed by atoms with Crippen molar-refractivity contribution in [3.05, 3.63) is 35.7 Å². The molecule has 5 nitrogen and oxygen atoms in total. The lowest BCUT2D eigenvalue weighted by Crippen LogP contribution is -2.03. The van der Waals surface area contributed by atoms with Crippen molar-refractivity contribution in [2.24, 2.45) is 0 Å². The topological polar surface area (TPSA) is 73.9 Å². The lowest BCUT2D eigenvalue weighted by Gasteiger charge is -2.07. The second-order valence-corrected chi connectivity index (χ2v) is 3.91. The predicted molar refractivity (Wildman–Crippen MR) is 69.8 cm³/mol. The van der Waals surface area contributed by atoms with E-state index >= 15 is 0 Å². The first-order chi connectivity index (χ1) is 8.74. The molecule has 2 N–H and O–H groups in total. The fourth-order valence-electron chi connectivity index (χ4n) is 1.77. The van der Waals surface area contributed by atoms with E-state index in [9.17, 15) is 0 Å². The number of hydrogen-bond donors (Lipinski definition) is 1. The normalized spacial score (nSPS) is 10.6. The van der Waals surface area contributed by atoms with Gasteiger partial charge >= 0.3 is 0 Å². The summed E-state index contributed by atoms with van der Waals surface area (Å²) in [6, 6.07) is 5.64. The zero-order valence-electron chi connectivity index (χ0n) is 10.6. The van der Waals surface area contributed by atoms with Crippen molar-refractivity contribution in [1.29, 1.82) is 0 Å². The third kappa shape index (κ3) is 2.62. The lowest BCUT2D eigenvalue weighted by atomic mass is 10.1. The molecule has 2 heterocycles. The first-order valence-corrected chi connectivity index (χ1v) is 5.81. The van der Waals surface area contributed by atoms with Crippen LogP contribution in [0, 0.1) is 0 Å². The van der Waals surface area contributed by atoms with Crippen LogP contribution in [-0.4, -0.2) is 22.1 Å². The molecule has 0 bridgehead atoms. The largest absolute Gasteiger partial charge is 0.384 e. The van der Waals surface area contributed by atoms with Crippen molar-refractivity contribution >= 4 is 5.82 Å². The molecule has 94 valence electrons. The third-order valence-electron chi connectivity index (χ3n) is 2.58. The molecule has 0 amide bonds. The molecule has 5 heteroatoms. The van der Waals surface area contributed by atoms with Crippen LogP contribution < -0.4 is 5.73 Å². The van der Waals surface area contributed by atoms with Gasteiger partial charge in [-0.1, -0.05) is 13.0 Å². The maximum Gasteiger partial charge on any atom is 0.180 e. The van der Waals surface area contributed by atoms with Gasteiger partial charge in [0.15, 0.2) is 5.82 Å². The number of aromatic nitrogens is 3. The van der Waals surface area contributed by atoms with Crippen molar-refractivity contribution in [2.45, 2.75) is 20.0 Å². The molecule has 0 fully saturated rings. The van der Waals surface area contributed by atoms with Crippen LogP contribution in [0.25, 0.3) is 11.5 Å². The molecule has 0 aliphatic carbocycles. The van der Waals surface area contributed by atoms with Crippen molar-refractivity contribution in [3.8, 4) is 11.5 Å². The van der Waals surface area contributed by atoms with Crippen LogP contribution in [0.3, 0.4) is 0 Å². The monoisotopic (exact) mass is 244 g/mol. The summed E-state index contributed by atoms with van der Waals surface area (Å²) in [4.78, 5) is 13.0. The van der Waals surface area contributed by atoms with Crippen LogP contribution in [0.15, 0.2) is 24.4 Å². The van der Waals surface area contributed by atoms with Gasteiger partial charge in [0.2, 0.25) is 0 Å². The van der Waals surface area contributed by atoms with E-state index < -0.39 is 0 Å². The smallest absolute Gasteiger partial charge is 0.180 e. The number of nitrogen functional groups attached to an aromatic ring is 1. The number of anilines is 1. The number of pyridine rings is 1. The Kier molecular flexibility index (Phi) is 3.84. The van der Waals surface area contributed by atoms with E-state index in [4.69, 9.17) is 10.5 Å². The van der Waals surface area contributed by atoms with Gasteiger partial charge in [-0.2, -0.15) is 0 Å². The highest BCUT2D eigenvalue weighted by Gasteiger charge is 2.10. The Morgan fingerprint density at radius 2 is 2.17 bits per heavy atom. The number of nitrogens with two attached hydrogens (primary N) is 1. The molecule has 0 saturated carbocycles. The highest BCUT2D eigenvalue weighted by molar-refractivity contribution is 5.56. The summed E-state index contributed by atoms with van der Waals surface area (Å²) in [5.41, 5.74) is 8.43. The number of rotatable bonds is 4. The van der Waals surface area contributed by atoms with E-state index in [2.05, 4.69) is 21.9 Å². The van der Waals surface area contributed by atoms with E-state index in [1.54, 1.807) is 19.4 Å². The number of hydrogen-bond acceptors (Lipinski definition) is 5. The van der Waals surface area contributed by atoms with Gasteiger partial charge in [0.05, 0.1) is 12.3 Å². The first-order valence-electron chi connectivity index (χ1n) is 5.81. The molecule has 2 aromatic rings. The quantitative estimate of drug-likeness (QED) is 0.888. The molecule has 0 aromatic carbocycles. The fraction of sp³-hybridized carbons (Fsp3) is 0.308. The third-order valence-corrected chi connectivity index (χ3v) is 2.58. The summed E-state index contributed by atoms with van der Waals surface area (Å²) < 4.78 is 5.06. The highest BCUT2D eigenvalue weighted by Crippen LogP contribution is 2.19. The van der Waals surface area contributed by atoms with Gasteiger partial charge in [-0.25, -0.2) is 9.97 Å². The predicted octanol–water partition coefficient (Wildman–Crippen LogP) is 1.83. The van der Waals surface area contributed by atoms with Gasteiger partial charge < -0.3 is 10.5 Å². The van der Waals surface area contributed by atoms with Crippen LogP contribution in [0.5, 0.6) is 0 Å². The average molecular weight is 244 g/mol. The Balaban J connectivity index is 2.49. The summed E-state index contributed by atoms with van der Waals surface area (Å²) in [6.07, 6.45) is 2.61. The van der Waals surface area contributed by atoms with Gasteiger partial charge in [0.1, 0.15) is 11.5 Å². The SMILES string of the molecule is CCc1cccnc1-c1nc(N)cc(COC)n1. The Hall–Kier alpha value is -2.01. The fourth-order valence-corrected chi connectivity index (χ4v) is 1.77. The average Bonchev–Trinajstić information content (AvgIpc) is 2.38. The number of nitrogens with zero attached hydrogens (tertiary/aromatic N) is 3. The molecular formula is C13H16N4O. The van der Waals surface area contributed by atoms with Crippen LogP contribution in [0.2, 0.25) is 0 Å². The summed E-state index contributed by atoms with van der Waals surface area (Å²) >= 11 is 0. The van der Waals surface area contributed by atoms with Gasteiger partial charge in [0, 0.05) is 19.4 Å². The molecule has 0 aliphatic rings. The molecule has 0 saturated heterocycles. The lowest BCUT2D eigenvalue weighted by molar-refractivity contribution is 0.181. The van der Waals surface area contributed by atoms with Gasteiger partial charge in [-0.3, -0.25) is 4.98 Å². The van der Waals surface area contributed by atoms with Gasteiger partial charge in [-0.15, -0.1) is 0 Å². The van der Waals surface area contributed by atoms with Crippen LogP contribution in [0.1, 0.15) is 18.2 Å². The van der Waals surface area contributed by atoms with E-state index in [1.807, 2.05) is 12.1 Å². The maximum absolute atomic E-state index is 5.78. The van der Waals surface area contributed by atoms with Crippen molar-refractivity contribution in [3.63, 3.8) is 0 Å². The molecule has 18 heavy (non-hydrogen) atoms. The van der Waals surface area contributed by atoms with Crippen molar-refractivity contribution in [1.82, 2.24) is 15.0 Å². The minimum absolute atomic E-state index is 0.411. The van der Waals surface area contributed by atoms with Crippen LogP contribution in [0.4, 0.5) is 5.82 Å². The molecule has 0 aliphatic heterocycles. The Labute approximate surface area is 106 Å². The Bertz CT molecular complexity index is 542. The van der Waals surface area contributed by atoms with Gasteiger partial charge in [0.25, 0.3) is 0 Å². The summed E-state index contributed by atoms with van der Waals surface area (Å²) in [7, 11) is 1.62. The summed E-state index contributed by atoms with van der Waals surface area (Å²) in [5, 5.41) is 0. The molecule has 0 radical (unpaired) electrons. The Morgan fingerprint density at radius 3 is 2.89 bits per heavy atom.